The summed E-state index contributed by atoms with van der Waals surface area (Å²) >= 11 is 0. The van der Waals surface area contributed by atoms with Gasteiger partial charge in [-0.1, -0.05) is 6.92 Å². The average molecular weight is 141 g/mol. The molecule has 1 heterocycles. The van der Waals surface area contributed by atoms with Gasteiger partial charge in [0.05, 0.1) is 0 Å². The average Bonchev–Trinajstić information content (AvgIpc) is 2.33. The fraction of sp³-hybridized carbons (Fsp3) is 1.00. The molecule has 1 aliphatic rings. The highest BCUT2D eigenvalue weighted by molar-refractivity contribution is 4.79. The highest BCUT2D eigenvalue weighted by atomic mass is 15.2. The number of rotatable bonds is 2. The van der Waals surface area contributed by atoms with Crippen molar-refractivity contribution >= 4 is 0 Å². The van der Waals surface area contributed by atoms with Crippen LogP contribution in [0.25, 0.3) is 0 Å². The van der Waals surface area contributed by atoms with E-state index in [-0.39, 0.29) is 0 Å². The maximum Gasteiger partial charge on any atom is 0.00958 e. The van der Waals surface area contributed by atoms with Gasteiger partial charge in [-0.05, 0) is 39.7 Å². The second-order valence-corrected chi connectivity index (χ2v) is 3.54. The lowest BCUT2D eigenvalue weighted by atomic mass is 10.1. The number of likely N-dealkylation sites (tertiary alicyclic amines) is 1. The van der Waals surface area contributed by atoms with Crippen LogP contribution in [0.2, 0.25) is 0 Å². The second-order valence-electron chi connectivity index (χ2n) is 3.54. The van der Waals surface area contributed by atoms with Crippen molar-refractivity contribution < 1.29 is 0 Å². The smallest absolute Gasteiger partial charge is 0.00958 e. The summed E-state index contributed by atoms with van der Waals surface area (Å²) in [6.45, 7) is 8.23. The van der Waals surface area contributed by atoms with Crippen LogP contribution in [0.3, 0.4) is 0 Å². The Kier molecular flexibility index (Phi) is 2.72. The van der Waals surface area contributed by atoms with Gasteiger partial charge in [0.15, 0.2) is 0 Å². The Hall–Kier alpha value is -0.0400. The summed E-state index contributed by atoms with van der Waals surface area (Å²) < 4.78 is 0. The van der Waals surface area contributed by atoms with Crippen LogP contribution in [0.5, 0.6) is 0 Å². The first kappa shape index (κ1) is 8.06. The van der Waals surface area contributed by atoms with Crippen molar-refractivity contribution in [1.29, 1.82) is 0 Å². The molecule has 0 aromatic carbocycles. The predicted octanol–water partition coefficient (Wildman–Crippen LogP) is 2.27. The van der Waals surface area contributed by atoms with Crippen molar-refractivity contribution in [2.45, 2.75) is 52.1 Å². The van der Waals surface area contributed by atoms with Crippen molar-refractivity contribution in [2.24, 2.45) is 0 Å². The molecule has 0 unspecified atom stereocenters. The van der Waals surface area contributed by atoms with Gasteiger partial charge >= 0.3 is 0 Å². The first-order chi connectivity index (χ1) is 4.75. The Morgan fingerprint density at radius 2 is 2.20 bits per heavy atom. The topological polar surface area (TPSA) is 3.24 Å². The van der Waals surface area contributed by atoms with E-state index >= 15 is 0 Å². The summed E-state index contributed by atoms with van der Waals surface area (Å²) in [5, 5.41) is 0. The third-order valence-electron chi connectivity index (χ3n) is 2.56. The lowest BCUT2D eigenvalue weighted by Gasteiger charge is -2.27. The second kappa shape index (κ2) is 3.38. The van der Waals surface area contributed by atoms with Gasteiger partial charge < -0.3 is 0 Å². The van der Waals surface area contributed by atoms with Gasteiger partial charge in [0, 0.05) is 12.1 Å². The van der Waals surface area contributed by atoms with E-state index in [0.717, 1.165) is 12.1 Å². The molecule has 0 aromatic heterocycles. The van der Waals surface area contributed by atoms with Crippen molar-refractivity contribution in [1.82, 2.24) is 4.90 Å². The molecule has 0 aliphatic carbocycles. The van der Waals surface area contributed by atoms with Crippen LogP contribution in [-0.4, -0.2) is 23.5 Å². The summed E-state index contributed by atoms with van der Waals surface area (Å²) in [5.41, 5.74) is 0. The molecule has 1 fully saturated rings. The zero-order valence-electron chi connectivity index (χ0n) is 7.43. The highest BCUT2D eigenvalue weighted by Crippen LogP contribution is 2.21. The predicted molar refractivity (Wildman–Crippen MR) is 45.2 cm³/mol. The molecule has 10 heavy (non-hydrogen) atoms. The molecule has 60 valence electrons. The molecule has 0 saturated carbocycles. The monoisotopic (exact) mass is 141 g/mol. The minimum atomic E-state index is 0.757. The molecule has 0 radical (unpaired) electrons. The Labute approximate surface area is 64.4 Å². The van der Waals surface area contributed by atoms with E-state index in [1.54, 1.807) is 0 Å². The van der Waals surface area contributed by atoms with Crippen LogP contribution >= 0.6 is 0 Å². The fourth-order valence-electron chi connectivity index (χ4n) is 1.98. The van der Waals surface area contributed by atoms with Crippen molar-refractivity contribution in [3.8, 4) is 0 Å². The number of hydrogen-bond donors (Lipinski definition) is 0. The molecule has 1 atom stereocenters. The maximum absolute atomic E-state index is 2.62. The zero-order chi connectivity index (χ0) is 7.56. The van der Waals surface area contributed by atoms with Crippen molar-refractivity contribution in [3.05, 3.63) is 0 Å². The zero-order valence-corrected chi connectivity index (χ0v) is 7.43. The number of nitrogens with zero attached hydrogens (tertiary/aromatic N) is 1. The third kappa shape index (κ3) is 1.51. The minimum absolute atomic E-state index is 0.757. The van der Waals surface area contributed by atoms with E-state index in [4.69, 9.17) is 0 Å². The molecule has 1 heteroatoms. The fourth-order valence-corrected chi connectivity index (χ4v) is 1.98. The van der Waals surface area contributed by atoms with Crippen LogP contribution < -0.4 is 0 Å². The highest BCUT2D eigenvalue weighted by Gasteiger charge is 2.24. The van der Waals surface area contributed by atoms with E-state index < -0.39 is 0 Å². The van der Waals surface area contributed by atoms with E-state index in [1.807, 2.05) is 0 Å². The normalized spacial score (nSPS) is 28.2. The van der Waals surface area contributed by atoms with E-state index in [2.05, 4.69) is 25.7 Å². The molecular formula is C9H19N. The van der Waals surface area contributed by atoms with Crippen LogP contribution in [0.15, 0.2) is 0 Å². The molecule has 0 amide bonds. The molecule has 1 nitrogen and oxygen atoms in total. The van der Waals surface area contributed by atoms with Gasteiger partial charge in [0.25, 0.3) is 0 Å². The Morgan fingerprint density at radius 3 is 2.60 bits per heavy atom. The van der Waals surface area contributed by atoms with Gasteiger partial charge in [-0.2, -0.15) is 0 Å². The summed E-state index contributed by atoms with van der Waals surface area (Å²) in [6.07, 6.45) is 4.17. The molecule has 0 N–H and O–H groups in total. The van der Waals surface area contributed by atoms with Crippen LogP contribution in [-0.2, 0) is 0 Å². The molecule has 1 rings (SSSR count). The molecule has 1 saturated heterocycles. The quantitative estimate of drug-likeness (QED) is 0.570. The molecule has 0 spiro atoms. The third-order valence-corrected chi connectivity index (χ3v) is 2.56. The maximum atomic E-state index is 2.62. The SMILES string of the molecule is CC[C@@H]1CCCN1C(C)C. The molecule has 0 aromatic rings. The van der Waals surface area contributed by atoms with E-state index in [0.29, 0.717) is 0 Å². The van der Waals surface area contributed by atoms with Gasteiger partial charge in [0.1, 0.15) is 0 Å². The molecule has 1 aliphatic heterocycles. The largest absolute Gasteiger partial charge is 0.298 e. The van der Waals surface area contributed by atoms with E-state index in [9.17, 15) is 0 Å². The summed E-state index contributed by atoms with van der Waals surface area (Å²) in [6, 6.07) is 1.65. The van der Waals surface area contributed by atoms with Crippen molar-refractivity contribution in [2.75, 3.05) is 6.54 Å². The van der Waals surface area contributed by atoms with Gasteiger partial charge in [-0.25, -0.2) is 0 Å². The lowest BCUT2D eigenvalue weighted by Crippen LogP contribution is -2.34. The minimum Gasteiger partial charge on any atom is -0.298 e. The first-order valence-electron chi connectivity index (χ1n) is 4.51. The van der Waals surface area contributed by atoms with Crippen molar-refractivity contribution in [3.63, 3.8) is 0 Å². The Bertz CT molecular complexity index is 98.9. The van der Waals surface area contributed by atoms with Gasteiger partial charge in [-0.15, -0.1) is 0 Å². The summed E-state index contributed by atoms with van der Waals surface area (Å²) in [4.78, 5) is 2.62. The van der Waals surface area contributed by atoms with E-state index in [1.165, 1.54) is 25.8 Å². The Balaban J connectivity index is 2.42. The summed E-state index contributed by atoms with van der Waals surface area (Å²) in [7, 11) is 0. The lowest BCUT2D eigenvalue weighted by molar-refractivity contribution is 0.199. The standard InChI is InChI=1S/C9H19N/c1-4-9-6-5-7-10(9)8(2)3/h8-9H,4-7H2,1-3H3/t9-/m1/s1. The Morgan fingerprint density at radius 1 is 1.50 bits per heavy atom. The number of hydrogen-bond acceptors (Lipinski definition) is 1. The van der Waals surface area contributed by atoms with Gasteiger partial charge in [-0.3, -0.25) is 4.90 Å². The van der Waals surface area contributed by atoms with Crippen LogP contribution in [0, 0.1) is 0 Å². The van der Waals surface area contributed by atoms with Crippen LogP contribution in [0.4, 0.5) is 0 Å². The van der Waals surface area contributed by atoms with Crippen LogP contribution in [0.1, 0.15) is 40.0 Å². The molecule has 0 bridgehead atoms. The summed E-state index contributed by atoms with van der Waals surface area (Å²) in [5.74, 6) is 0. The first-order valence-corrected chi connectivity index (χ1v) is 4.51. The van der Waals surface area contributed by atoms with Gasteiger partial charge in [0.2, 0.25) is 0 Å². The molecular weight excluding hydrogens is 122 g/mol.